The molecule has 0 radical (unpaired) electrons. The molecule has 1 aliphatic heterocycles. The van der Waals surface area contributed by atoms with Gasteiger partial charge in [0.05, 0.1) is 5.60 Å². The van der Waals surface area contributed by atoms with Gasteiger partial charge < -0.3 is 10.1 Å². The number of hydrogen-bond acceptors (Lipinski definition) is 4. The molecule has 6 heteroatoms. The lowest BCUT2D eigenvalue weighted by Gasteiger charge is -2.32. The normalized spacial score (nSPS) is 19.5. The molecular weight excluding hydrogens is 344 g/mol. The number of ether oxygens (including phenoxy) is 1. The number of hydrogen-bond donors (Lipinski definition) is 1. The largest absolute Gasteiger partial charge is 0.376 e. The molecule has 0 aromatic rings. The number of rotatable bonds is 11. The number of likely N-dealkylation sites (tertiary alicyclic amines) is 1. The van der Waals surface area contributed by atoms with Crippen LogP contribution < -0.4 is 5.32 Å². The molecule has 2 atom stereocenters. The fraction of sp³-hybridized carbons (Fsp3) is 0.857. The minimum absolute atomic E-state index is 0.0497. The lowest BCUT2D eigenvalue weighted by atomic mass is 9.91. The molecule has 6 nitrogen and oxygen atoms in total. The van der Waals surface area contributed by atoms with Gasteiger partial charge in [-0.3, -0.25) is 19.3 Å². The second-order valence-corrected chi connectivity index (χ2v) is 9.14. The topological polar surface area (TPSA) is 75.7 Å². The zero-order chi connectivity index (χ0) is 20.8. The summed E-state index contributed by atoms with van der Waals surface area (Å²) in [5, 5.41) is 3.08. The summed E-state index contributed by atoms with van der Waals surface area (Å²) >= 11 is 0. The molecule has 1 N–H and O–H groups in total. The first-order valence-corrected chi connectivity index (χ1v) is 10.2. The van der Waals surface area contributed by atoms with Crippen LogP contribution in [0.3, 0.4) is 0 Å². The van der Waals surface area contributed by atoms with Crippen molar-refractivity contribution in [3.05, 3.63) is 0 Å². The number of amides is 3. The molecule has 0 saturated carbocycles. The molecule has 1 rings (SSSR count). The molecule has 156 valence electrons. The van der Waals surface area contributed by atoms with Gasteiger partial charge in [-0.15, -0.1) is 0 Å². The third-order valence-electron chi connectivity index (χ3n) is 5.17. The van der Waals surface area contributed by atoms with Gasteiger partial charge in [0.15, 0.2) is 0 Å². The summed E-state index contributed by atoms with van der Waals surface area (Å²) in [6.07, 6.45) is 3.71. The maximum absolute atomic E-state index is 12.4. The van der Waals surface area contributed by atoms with Crippen LogP contribution in [0.15, 0.2) is 0 Å². The van der Waals surface area contributed by atoms with Gasteiger partial charge >= 0.3 is 0 Å². The number of nitrogens with one attached hydrogen (secondary N) is 1. The van der Waals surface area contributed by atoms with Crippen LogP contribution in [-0.2, 0) is 19.1 Å². The van der Waals surface area contributed by atoms with Crippen molar-refractivity contribution < 1.29 is 19.1 Å². The van der Waals surface area contributed by atoms with Crippen LogP contribution in [0.5, 0.6) is 0 Å². The maximum atomic E-state index is 12.4. The molecule has 0 aromatic heterocycles. The highest BCUT2D eigenvalue weighted by Gasteiger charge is 2.38. The minimum Gasteiger partial charge on any atom is -0.376 e. The van der Waals surface area contributed by atoms with E-state index in [1.54, 1.807) is 6.92 Å². The summed E-state index contributed by atoms with van der Waals surface area (Å²) in [5.74, 6) is -0.546. The van der Waals surface area contributed by atoms with E-state index < -0.39 is 0 Å². The second-order valence-electron chi connectivity index (χ2n) is 9.14. The second kappa shape index (κ2) is 9.67. The molecule has 0 aliphatic carbocycles. The van der Waals surface area contributed by atoms with Gasteiger partial charge in [-0.05, 0) is 60.3 Å². The van der Waals surface area contributed by atoms with Gasteiger partial charge in [-0.25, -0.2) is 0 Å². The van der Waals surface area contributed by atoms with E-state index >= 15 is 0 Å². The van der Waals surface area contributed by atoms with Gasteiger partial charge in [0.2, 0.25) is 17.7 Å². The quantitative estimate of drug-likeness (QED) is 0.556. The van der Waals surface area contributed by atoms with Crippen LogP contribution in [0, 0.1) is 5.92 Å². The molecule has 0 aromatic carbocycles. The van der Waals surface area contributed by atoms with E-state index in [4.69, 9.17) is 4.74 Å². The van der Waals surface area contributed by atoms with Crippen LogP contribution in [0.2, 0.25) is 0 Å². The zero-order valence-corrected chi connectivity index (χ0v) is 18.2. The number of carbonyl (C=O) groups is 3. The van der Waals surface area contributed by atoms with E-state index in [2.05, 4.69) is 26.1 Å². The SMILES string of the molecule is CCCOC(C)(C)CCC(C)(C)NC(=O)CCC(C)N1C(=O)CC(C)C1=O. The lowest BCUT2D eigenvalue weighted by molar-refractivity contribution is -0.142. The third-order valence-corrected chi connectivity index (χ3v) is 5.17. The van der Waals surface area contributed by atoms with Crippen LogP contribution in [0.4, 0.5) is 0 Å². The third kappa shape index (κ3) is 7.60. The van der Waals surface area contributed by atoms with Gasteiger partial charge in [-0.2, -0.15) is 0 Å². The fourth-order valence-electron chi connectivity index (χ4n) is 3.31. The predicted molar refractivity (Wildman–Crippen MR) is 106 cm³/mol. The first kappa shape index (κ1) is 23.6. The van der Waals surface area contributed by atoms with Gasteiger partial charge in [0.1, 0.15) is 0 Å². The van der Waals surface area contributed by atoms with Crippen molar-refractivity contribution in [3.8, 4) is 0 Å². The summed E-state index contributed by atoms with van der Waals surface area (Å²) in [7, 11) is 0. The van der Waals surface area contributed by atoms with E-state index in [9.17, 15) is 14.4 Å². The molecule has 3 amide bonds. The summed E-state index contributed by atoms with van der Waals surface area (Å²) in [6, 6.07) is -0.245. The summed E-state index contributed by atoms with van der Waals surface area (Å²) in [6.45, 7) is 14.6. The van der Waals surface area contributed by atoms with E-state index in [1.807, 2.05) is 20.8 Å². The number of nitrogens with zero attached hydrogens (tertiary/aromatic N) is 1. The molecule has 0 bridgehead atoms. The minimum atomic E-state index is -0.332. The Labute approximate surface area is 164 Å². The van der Waals surface area contributed by atoms with E-state index in [1.165, 1.54) is 4.90 Å². The first-order chi connectivity index (χ1) is 12.4. The highest BCUT2D eigenvalue weighted by Crippen LogP contribution is 2.24. The maximum Gasteiger partial charge on any atom is 0.232 e. The summed E-state index contributed by atoms with van der Waals surface area (Å²) in [4.78, 5) is 37.7. The van der Waals surface area contributed by atoms with Crippen molar-refractivity contribution in [2.45, 2.75) is 104 Å². The molecule has 1 fully saturated rings. The molecule has 1 saturated heterocycles. The Hall–Kier alpha value is -1.43. The van der Waals surface area contributed by atoms with Crippen molar-refractivity contribution in [1.82, 2.24) is 10.2 Å². The average molecular weight is 383 g/mol. The van der Waals surface area contributed by atoms with E-state index in [-0.39, 0.29) is 47.2 Å². The Morgan fingerprint density at radius 1 is 1.26 bits per heavy atom. The zero-order valence-electron chi connectivity index (χ0n) is 18.2. The van der Waals surface area contributed by atoms with E-state index in [0.717, 1.165) is 25.9 Å². The van der Waals surface area contributed by atoms with E-state index in [0.29, 0.717) is 12.8 Å². The van der Waals surface area contributed by atoms with Crippen molar-refractivity contribution in [3.63, 3.8) is 0 Å². The monoisotopic (exact) mass is 382 g/mol. The average Bonchev–Trinajstić information content (AvgIpc) is 2.81. The smallest absolute Gasteiger partial charge is 0.232 e. The Morgan fingerprint density at radius 2 is 1.89 bits per heavy atom. The van der Waals surface area contributed by atoms with Crippen LogP contribution in [0.1, 0.15) is 87.0 Å². The molecule has 27 heavy (non-hydrogen) atoms. The first-order valence-electron chi connectivity index (χ1n) is 10.2. The summed E-state index contributed by atoms with van der Waals surface area (Å²) < 4.78 is 5.86. The predicted octanol–water partition coefficient (Wildman–Crippen LogP) is 3.43. The Morgan fingerprint density at radius 3 is 2.41 bits per heavy atom. The standard InChI is InChI=1S/C21H38N2O4/c1-8-13-27-21(6,7)12-11-20(4,5)22-17(24)10-9-16(3)23-18(25)14-15(2)19(23)26/h15-16H,8-14H2,1-7H3,(H,22,24). The van der Waals surface area contributed by atoms with Crippen molar-refractivity contribution in [1.29, 1.82) is 0 Å². The van der Waals surface area contributed by atoms with Crippen LogP contribution in [0.25, 0.3) is 0 Å². The highest BCUT2D eigenvalue weighted by atomic mass is 16.5. The summed E-state index contributed by atoms with van der Waals surface area (Å²) in [5.41, 5.74) is -0.541. The van der Waals surface area contributed by atoms with Crippen LogP contribution >= 0.6 is 0 Å². The molecule has 2 unspecified atom stereocenters. The Kier molecular flexibility index (Phi) is 8.46. The van der Waals surface area contributed by atoms with Gasteiger partial charge in [0, 0.05) is 36.9 Å². The lowest BCUT2D eigenvalue weighted by Crippen LogP contribution is -2.45. The van der Waals surface area contributed by atoms with Crippen LogP contribution in [-0.4, -0.2) is 46.4 Å². The molecule has 1 aliphatic rings. The molecule has 1 heterocycles. The fourth-order valence-corrected chi connectivity index (χ4v) is 3.31. The number of carbonyl (C=O) groups excluding carboxylic acids is 3. The highest BCUT2D eigenvalue weighted by molar-refractivity contribution is 6.03. The van der Waals surface area contributed by atoms with Crippen molar-refractivity contribution in [2.75, 3.05) is 6.61 Å². The number of imide groups is 1. The van der Waals surface area contributed by atoms with Crippen molar-refractivity contribution >= 4 is 17.7 Å². The Balaban J connectivity index is 2.44. The van der Waals surface area contributed by atoms with Gasteiger partial charge in [-0.1, -0.05) is 13.8 Å². The van der Waals surface area contributed by atoms with Gasteiger partial charge in [0.25, 0.3) is 0 Å². The molecular formula is C21H38N2O4. The van der Waals surface area contributed by atoms with Crippen molar-refractivity contribution in [2.24, 2.45) is 5.92 Å². The Bertz CT molecular complexity index is 542. The molecule has 0 spiro atoms.